The van der Waals surface area contributed by atoms with Gasteiger partial charge in [0.1, 0.15) is 5.69 Å². The Balaban J connectivity index is 1.75. The van der Waals surface area contributed by atoms with E-state index in [-0.39, 0.29) is 5.91 Å². The van der Waals surface area contributed by atoms with E-state index in [2.05, 4.69) is 5.32 Å². The molecule has 6 nitrogen and oxygen atoms in total. The molecule has 0 unspecified atom stereocenters. The first-order chi connectivity index (χ1) is 14.2. The molecule has 3 aromatic rings. The predicted molar refractivity (Wildman–Crippen MR) is 113 cm³/mol. The third-order valence-electron chi connectivity index (χ3n) is 4.45. The molecule has 0 bridgehead atoms. The zero-order valence-corrected chi connectivity index (χ0v) is 16.9. The molecule has 29 heavy (non-hydrogen) atoms. The van der Waals surface area contributed by atoms with Gasteiger partial charge in [0.05, 0.1) is 24.5 Å². The van der Waals surface area contributed by atoms with Crippen LogP contribution < -0.4 is 5.32 Å². The van der Waals surface area contributed by atoms with Crippen LogP contribution in [0.4, 0.5) is 0 Å². The quantitative estimate of drug-likeness (QED) is 0.534. The highest BCUT2D eigenvalue weighted by Gasteiger charge is 2.18. The lowest BCUT2D eigenvalue weighted by molar-refractivity contribution is 0.0688. The Morgan fingerprint density at radius 2 is 1.90 bits per heavy atom. The van der Waals surface area contributed by atoms with Crippen LogP contribution in [-0.4, -0.2) is 49.2 Å². The number of ether oxygens (including phenoxy) is 2. The van der Waals surface area contributed by atoms with E-state index in [1.54, 1.807) is 18.0 Å². The fourth-order valence-corrected chi connectivity index (χ4v) is 2.97. The number of carbonyl (C=O) groups is 1. The highest BCUT2D eigenvalue weighted by molar-refractivity contribution is 5.99. The van der Waals surface area contributed by atoms with Gasteiger partial charge in [0, 0.05) is 32.0 Å². The number of hydrogen-bond donors (Lipinski definition) is 1. The van der Waals surface area contributed by atoms with Crippen molar-refractivity contribution in [1.82, 2.24) is 15.1 Å². The predicted octanol–water partition coefficient (Wildman–Crippen LogP) is 3.63. The van der Waals surface area contributed by atoms with Gasteiger partial charge in [0.2, 0.25) is 0 Å². The van der Waals surface area contributed by atoms with Crippen LogP contribution in [0.25, 0.3) is 16.9 Å². The molecule has 0 aliphatic rings. The summed E-state index contributed by atoms with van der Waals surface area (Å²) in [7, 11) is 1.64. The summed E-state index contributed by atoms with van der Waals surface area (Å²) in [6, 6.07) is 17.8. The number of aryl methyl sites for hydroxylation is 1. The van der Waals surface area contributed by atoms with Gasteiger partial charge in [-0.15, -0.1) is 0 Å². The summed E-state index contributed by atoms with van der Waals surface area (Å²) in [6.45, 7) is 4.28. The molecule has 0 aliphatic carbocycles. The molecule has 6 heteroatoms. The van der Waals surface area contributed by atoms with Gasteiger partial charge >= 0.3 is 0 Å². The molecule has 1 heterocycles. The van der Waals surface area contributed by atoms with Crippen molar-refractivity contribution in [1.29, 1.82) is 0 Å². The van der Waals surface area contributed by atoms with Crippen molar-refractivity contribution in [2.24, 2.45) is 0 Å². The smallest absolute Gasteiger partial charge is 0.255 e. The van der Waals surface area contributed by atoms with Gasteiger partial charge in [-0.3, -0.25) is 4.79 Å². The molecule has 1 aromatic heterocycles. The van der Waals surface area contributed by atoms with Crippen LogP contribution in [-0.2, 0) is 9.47 Å². The number of nitrogens with one attached hydrogen (secondary N) is 1. The van der Waals surface area contributed by atoms with Crippen LogP contribution >= 0.6 is 0 Å². The Bertz CT molecular complexity index is 922. The van der Waals surface area contributed by atoms with E-state index in [4.69, 9.17) is 14.6 Å². The normalized spacial score (nSPS) is 10.8. The van der Waals surface area contributed by atoms with Crippen molar-refractivity contribution >= 4 is 5.91 Å². The first-order valence-electron chi connectivity index (χ1n) is 9.76. The minimum absolute atomic E-state index is 0.138. The lowest BCUT2D eigenvalue weighted by Gasteiger charge is -2.07. The number of aromatic nitrogens is 2. The topological polar surface area (TPSA) is 65.4 Å². The van der Waals surface area contributed by atoms with Crippen molar-refractivity contribution in [2.75, 3.05) is 33.5 Å². The number of methoxy groups -OCH3 is 1. The molecule has 0 fully saturated rings. The Morgan fingerprint density at radius 1 is 1.07 bits per heavy atom. The number of hydrogen-bond acceptors (Lipinski definition) is 4. The highest BCUT2D eigenvalue weighted by atomic mass is 16.5. The average Bonchev–Trinajstić information content (AvgIpc) is 3.19. The van der Waals surface area contributed by atoms with E-state index >= 15 is 0 Å². The molecule has 1 N–H and O–H groups in total. The van der Waals surface area contributed by atoms with E-state index < -0.39 is 0 Å². The third-order valence-corrected chi connectivity index (χ3v) is 4.45. The van der Waals surface area contributed by atoms with Gasteiger partial charge < -0.3 is 14.8 Å². The molecule has 0 aliphatic heterocycles. The van der Waals surface area contributed by atoms with Crippen LogP contribution in [0.1, 0.15) is 22.3 Å². The first kappa shape index (κ1) is 20.8. The zero-order valence-electron chi connectivity index (χ0n) is 16.9. The Hall–Kier alpha value is -2.96. The Labute approximate surface area is 171 Å². The minimum Gasteiger partial charge on any atom is -0.382 e. The first-order valence-corrected chi connectivity index (χ1v) is 9.76. The van der Waals surface area contributed by atoms with Gasteiger partial charge in [0.15, 0.2) is 0 Å². The lowest BCUT2D eigenvalue weighted by Crippen LogP contribution is -2.25. The maximum Gasteiger partial charge on any atom is 0.255 e. The summed E-state index contributed by atoms with van der Waals surface area (Å²) < 4.78 is 12.1. The third kappa shape index (κ3) is 5.76. The second-order valence-electron chi connectivity index (χ2n) is 6.76. The van der Waals surface area contributed by atoms with Crippen LogP contribution in [0.3, 0.4) is 0 Å². The summed E-state index contributed by atoms with van der Waals surface area (Å²) >= 11 is 0. The van der Waals surface area contributed by atoms with Crippen molar-refractivity contribution in [3.05, 3.63) is 71.9 Å². The van der Waals surface area contributed by atoms with Crippen LogP contribution in [0, 0.1) is 6.92 Å². The molecular weight excluding hydrogens is 366 g/mol. The molecule has 1 amide bonds. The van der Waals surface area contributed by atoms with Crippen LogP contribution in [0.2, 0.25) is 0 Å². The van der Waals surface area contributed by atoms with Crippen molar-refractivity contribution in [3.8, 4) is 16.9 Å². The average molecular weight is 393 g/mol. The van der Waals surface area contributed by atoms with Gasteiger partial charge in [-0.2, -0.15) is 5.10 Å². The van der Waals surface area contributed by atoms with E-state index in [9.17, 15) is 4.79 Å². The van der Waals surface area contributed by atoms with Crippen molar-refractivity contribution < 1.29 is 14.3 Å². The molecule has 0 spiro atoms. The monoisotopic (exact) mass is 393 g/mol. The van der Waals surface area contributed by atoms with Crippen LogP contribution in [0.5, 0.6) is 0 Å². The second kappa shape index (κ2) is 10.5. The molecular formula is C23H27N3O3. The van der Waals surface area contributed by atoms with E-state index in [0.29, 0.717) is 37.6 Å². The number of benzene rings is 2. The molecule has 0 saturated carbocycles. The summed E-state index contributed by atoms with van der Waals surface area (Å²) in [5, 5.41) is 7.68. The van der Waals surface area contributed by atoms with E-state index in [0.717, 1.165) is 23.2 Å². The molecule has 0 radical (unpaired) electrons. The largest absolute Gasteiger partial charge is 0.382 e. The summed E-state index contributed by atoms with van der Waals surface area (Å²) in [5.41, 5.74) is 4.18. The van der Waals surface area contributed by atoms with Gasteiger partial charge in [-0.1, -0.05) is 42.0 Å². The number of rotatable bonds is 10. The van der Waals surface area contributed by atoms with Gasteiger partial charge in [-0.25, -0.2) is 4.68 Å². The van der Waals surface area contributed by atoms with Crippen molar-refractivity contribution in [2.45, 2.75) is 13.3 Å². The number of carbonyl (C=O) groups excluding carboxylic acids is 1. The highest BCUT2D eigenvalue weighted by Crippen LogP contribution is 2.24. The van der Waals surface area contributed by atoms with Crippen LogP contribution in [0.15, 0.2) is 60.8 Å². The van der Waals surface area contributed by atoms with Gasteiger partial charge in [-0.05, 0) is 31.5 Å². The maximum atomic E-state index is 12.9. The minimum atomic E-state index is -0.138. The zero-order chi connectivity index (χ0) is 20.5. The maximum absolute atomic E-state index is 12.9. The Kier molecular flexibility index (Phi) is 7.55. The summed E-state index contributed by atoms with van der Waals surface area (Å²) in [6.07, 6.45) is 2.53. The van der Waals surface area contributed by atoms with Gasteiger partial charge in [0.25, 0.3) is 5.91 Å². The number of nitrogens with zero attached hydrogens (tertiary/aromatic N) is 2. The SMILES string of the molecule is COCCOCCCNC(=O)c1cn(-c2ccccc2)nc1-c1cccc(C)c1. The molecule has 0 saturated heterocycles. The number of para-hydroxylation sites is 1. The standard InChI is InChI=1S/C23H27N3O3/c1-18-8-6-9-19(16-18)22-21(17-26(25-22)20-10-4-3-5-11-20)23(27)24-12-7-13-29-15-14-28-2/h3-6,8-11,16-17H,7,12-15H2,1-2H3,(H,24,27). The fraction of sp³-hybridized carbons (Fsp3) is 0.304. The Morgan fingerprint density at radius 3 is 2.66 bits per heavy atom. The lowest BCUT2D eigenvalue weighted by atomic mass is 10.1. The van der Waals surface area contributed by atoms with E-state index in [1.807, 2.05) is 61.5 Å². The van der Waals surface area contributed by atoms with E-state index in [1.165, 1.54) is 0 Å². The van der Waals surface area contributed by atoms with Crippen molar-refractivity contribution in [3.63, 3.8) is 0 Å². The number of amides is 1. The summed E-state index contributed by atoms with van der Waals surface area (Å²) in [5.74, 6) is -0.138. The molecule has 0 atom stereocenters. The molecule has 152 valence electrons. The molecule has 2 aromatic carbocycles. The summed E-state index contributed by atoms with van der Waals surface area (Å²) in [4.78, 5) is 12.9. The fourth-order valence-electron chi connectivity index (χ4n) is 2.97. The molecule has 3 rings (SSSR count). The second-order valence-corrected chi connectivity index (χ2v) is 6.76.